The fraction of sp³-hybridized carbons (Fsp3) is 0.357. The highest BCUT2D eigenvalue weighted by Gasteiger charge is 2.33. The van der Waals surface area contributed by atoms with Crippen LogP contribution < -0.4 is 10.5 Å². The molecular formula is C14H16F3N3O. The third-order valence-corrected chi connectivity index (χ3v) is 2.88. The molecule has 0 unspecified atom stereocenters. The largest absolute Gasteiger partial charge is 0.492 e. The van der Waals surface area contributed by atoms with Crippen LogP contribution in [-0.2, 0) is 19.1 Å². The van der Waals surface area contributed by atoms with E-state index in [0.717, 1.165) is 18.1 Å². The van der Waals surface area contributed by atoms with E-state index in [1.807, 2.05) is 24.3 Å². The minimum absolute atomic E-state index is 0.245. The summed E-state index contributed by atoms with van der Waals surface area (Å²) in [4.78, 5) is 0. The molecule has 0 radical (unpaired) electrons. The van der Waals surface area contributed by atoms with E-state index in [-0.39, 0.29) is 13.2 Å². The van der Waals surface area contributed by atoms with Crippen LogP contribution in [0.5, 0.6) is 5.75 Å². The molecule has 2 N–H and O–H groups in total. The van der Waals surface area contributed by atoms with Crippen LogP contribution in [0.15, 0.2) is 36.5 Å². The van der Waals surface area contributed by atoms with Gasteiger partial charge in [-0.2, -0.15) is 18.3 Å². The lowest BCUT2D eigenvalue weighted by Gasteiger charge is -2.07. The van der Waals surface area contributed by atoms with Crippen molar-refractivity contribution >= 4 is 0 Å². The molecule has 0 saturated heterocycles. The average Bonchev–Trinajstić information content (AvgIpc) is 2.90. The SMILES string of the molecule is NCCc1ccc(OCCn2ccc(C(F)(F)F)n2)cc1. The van der Waals surface area contributed by atoms with Crippen molar-refractivity contribution in [3.63, 3.8) is 0 Å². The van der Waals surface area contributed by atoms with Crippen LogP contribution in [0, 0.1) is 0 Å². The summed E-state index contributed by atoms with van der Waals surface area (Å²) >= 11 is 0. The van der Waals surface area contributed by atoms with Gasteiger partial charge >= 0.3 is 6.18 Å². The Bertz CT molecular complexity index is 564. The summed E-state index contributed by atoms with van der Waals surface area (Å²) in [6.45, 7) is 1.08. The van der Waals surface area contributed by atoms with E-state index >= 15 is 0 Å². The number of aromatic nitrogens is 2. The van der Waals surface area contributed by atoms with Gasteiger partial charge in [0.2, 0.25) is 0 Å². The molecule has 2 aromatic rings. The number of rotatable bonds is 6. The van der Waals surface area contributed by atoms with Gasteiger partial charge in [-0.15, -0.1) is 0 Å². The minimum atomic E-state index is -4.41. The van der Waals surface area contributed by atoms with Gasteiger partial charge in [0.15, 0.2) is 5.69 Å². The highest BCUT2D eigenvalue weighted by atomic mass is 19.4. The number of benzene rings is 1. The van der Waals surface area contributed by atoms with E-state index in [9.17, 15) is 13.2 Å². The van der Waals surface area contributed by atoms with Crippen LogP contribution in [-0.4, -0.2) is 22.9 Å². The summed E-state index contributed by atoms with van der Waals surface area (Å²) in [6.07, 6.45) is -2.32. The van der Waals surface area contributed by atoms with Crippen LogP contribution in [0.4, 0.5) is 13.2 Å². The molecule has 2 rings (SSSR count). The molecule has 1 heterocycles. The van der Waals surface area contributed by atoms with Crippen LogP contribution in [0.3, 0.4) is 0 Å². The molecule has 21 heavy (non-hydrogen) atoms. The molecule has 0 saturated carbocycles. The maximum atomic E-state index is 12.4. The predicted octanol–water partition coefficient (Wildman–Crippen LogP) is 2.48. The van der Waals surface area contributed by atoms with E-state index in [2.05, 4.69) is 5.10 Å². The fourth-order valence-corrected chi connectivity index (χ4v) is 1.81. The van der Waals surface area contributed by atoms with Gasteiger partial charge < -0.3 is 10.5 Å². The summed E-state index contributed by atoms with van der Waals surface area (Å²) in [5, 5.41) is 3.45. The summed E-state index contributed by atoms with van der Waals surface area (Å²) in [5.74, 6) is 0.666. The average molecular weight is 299 g/mol. The van der Waals surface area contributed by atoms with Gasteiger partial charge in [-0.1, -0.05) is 12.1 Å². The Morgan fingerprint density at radius 3 is 2.43 bits per heavy atom. The van der Waals surface area contributed by atoms with Crippen LogP contribution in [0.2, 0.25) is 0 Å². The molecule has 114 valence electrons. The third-order valence-electron chi connectivity index (χ3n) is 2.88. The molecule has 0 aliphatic rings. The Labute approximate surface area is 120 Å². The molecule has 0 aliphatic heterocycles. The van der Waals surface area contributed by atoms with Crippen LogP contribution >= 0.6 is 0 Å². The van der Waals surface area contributed by atoms with Gasteiger partial charge in [0.25, 0.3) is 0 Å². The first-order valence-electron chi connectivity index (χ1n) is 6.51. The van der Waals surface area contributed by atoms with E-state index in [1.54, 1.807) is 0 Å². The summed E-state index contributed by atoms with van der Waals surface area (Å²) in [5.41, 5.74) is 5.68. The van der Waals surface area contributed by atoms with Crippen molar-refractivity contribution in [3.8, 4) is 5.75 Å². The van der Waals surface area contributed by atoms with Crippen molar-refractivity contribution in [2.75, 3.05) is 13.2 Å². The smallest absolute Gasteiger partial charge is 0.435 e. The fourth-order valence-electron chi connectivity index (χ4n) is 1.81. The van der Waals surface area contributed by atoms with Crippen molar-refractivity contribution < 1.29 is 17.9 Å². The molecule has 4 nitrogen and oxygen atoms in total. The van der Waals surface area contributed by atoms with Gasteiger partial charge in [0, 0.05) is 6.20 Å². The first-order valence-corrected chi connectivity index (χ1v) is 6.51. The Kier molecular flexibility index (Phi) is 4.85. The van der Waals surface area contributed by atoms with E-state index in [0.29, 0.717) is 12.3 Å². The zero-order valence-electron chi connectivity index (χ0n) is 11.3. The molecule has 1 aromatic carbocycles. The third kappa shape index (κ3) is 4.49. The normalized spacial score (nSPS) is 11.6. The van der Waals surface area contributed by atoms with Crippen molar-refractivity contribution in [1.29, 1.82) is 0 Å². The van der Waals surface area contributed by atoms with E-state index < -0.39 is 11.9 Å². The molecule has 0 atom stereocenters. The molecular weight excluding hydrogens is 283 g/mol. The van der Waals surface area contributed by atoms with Crippen molar-refractivity contribution in [2.24, 2.45) is 5.73 Å². The number of alkyl halides is 3. The summed E-state index contributed by atoms with van der Waals surface area (Å²) in [7, 11) is 0. The van der Waals surface area contributed by atoms with Gasteiger partial charge in [-0.05, 0) is 36.7 Å². The lowest BCUT2D eigenvalue weighted by Crippen LogP contribution is -2.11. The molecule has 0 fully saturated rings. The van der Waals surface area contributed by atoms with Crippen LogP contribution in [0.1, 0.15) is 11.3 Å². The molecule has 1 aromatic heterocycles. The number of ether oxygens (including phenoxy) is 1. The van der Waals surface area contributed by atoms with Crippen LogP contribution in [0.25, 0.3) is 0 Å². The molecule has 0 bridgehead atoms. The van der Waals surface area contributed by atoms with E-state index in [1.165, 1.54) is 10.9 Å². The molecule has 7 heteroatoms. The van der Waals surface area contributed by atoms with E-state index in [4.69, 9.17) is 10.5 Å². The summed E-state index contributed by atoms with van der Waals surface area (Å²) in [6, 6.07) is 8.40. The number of nitrogens with zero attached hydrogens (tertiary/aromatic N) is 2. The topological polar surface area (TPSA) is 53.1 Å². The number of hydrogen-bond acceptors (Lipinski definition) is 3. The van der Waals surface area contributed by atoms with Crippen molar-refractivity contribution in [1.82, 2.24) is 9.78 Å². The second kappa shape index (κ2) is 6.62. The Balaban J connectivity index is 1.82. The summed E-state index contributed by atoms with van der Waals surface area (Å²) < 4.78 is 43.8. The highest BCUT2D eigenvalue weighted by molar-refractivity contribution is 5.27. The minimum Gasteiger partial charge on any atom is -0.492 e. The second-order valence-corrected chi connectivity index (χ2v) is 4.49. The Hall–Kier alpha value is -2.02. The number of halogens is 3. The van der Waals surface area contributed by atoms with Gasteiger partial charge in [-0.3, -0.25) is 4.68 Å². The van der Waals surface area contributed by atoms with Crippen molar-refractivity contribution in [3.05, 3.63) is 47.8 Å². The molecule has 0 spiro atoms. The molecule has 0 aliphatic carbocycles. The lowest BCUT2D eigenvalue weighted by atomic mass is 10.1. The molecule has 0 amide bonds. The second-order valence-electron chi connectivity index (χ2n) is 4.49. The maximum Gasteiger partial charge on any atom is 0.435 e. The Morgan fingerprint density at radius 1 is 1.14 bits per heavy atom. The number of nitrogens with two attached hydrogens (primary N) is 1. The first-order chi connectivity index (χ1) is 9.99. The predicted molar refractivity (Wildman–Crippen MR) is 71.9 cm³/mol. The maximum absolute atomic E-state index is 12.4. The lowest BCUT2D eigenvalue weighted by molar-refractivity contribution is -0.141. The standard InChI is InChI=1S/C14H16F3N3O/c15-14(16,17)13-6-8-20(19-13)9-10-21-12-3-1-11(2-4-12)5-7-18/h1-4,6,8H,5,7,9-10,18H2. The highest BCUT2D eigenvalue weighted by Crippen LogP contribution is 2.27. The van der Waals surface area contributed by atoms with Gasteiger partial charge in [0.05, 0.1) is 6.54 Å². The van der Waals surface area contributed by atoms with Gasteiger partial charge in [-0.25, -0.2) is 0 Å². The quantitative estimate of drug-likeness (QED) is 0.891. The van der Waals surface area contributed by atoms with Gasteiger partial charge in [0.1, 0.15) is 12.4 Å². The first kappa shape index (κ1) is 15.4. The zero-order chi connectivity index (χ0) is 15.3. The zero-order valence-corrected chi connectivity index (χ0v) is 11.3. The monoisotopic (exact) mass is 299 g/mol. The Morgan fingerprint density at radius 2 is 1.86 bits per heavy atom. The number of hydrogen-bond donors (Lipinski definition) is 1. The van der Waals surface area contributed by atoms with Crippen molar-refractivity contribution in [2.45, 2.75) is 19.1 Å².